The predicted octanol–water partition coefficient (Wildman–Crippen LogP) is 0.560. The summed E-state index contributed by atoms with van der Waals surface area (Å²) in [4.78, 5) is 13.7. The van der Waals surface area contributed by atoms with Gasteiger partial charge in [-0.3, -0.25) is 4.79 Å². The zero-order chi connectivity index (χ0) is 9.68. The fourth-order valence-electron chi connectivity index (χ4n) is 1.46. The van der Waals surface area contributed by atoms with Crippen molar-refractivity contribution < 1.29 is 4.79 Å². The van der Waals surface area contributed by atoms with Crippen molar-refractivity contribution in [3.63, 3.8) is 0 Å². The molecule has 0 aromatic heterocycles. The molecule has 1 aliphatic rings. The third-order valence-electron chi connectivity index (χ3n) is 2.19. The molecule has 4 heteroatoms. The molecule has 1 saturated heterocycles. The van der Waals surface area contributed by atoms with Gasteiger partial charge in [0.2, 0.25) is 5.91 Å². The van der Waals surface area contributed by atoms with E-state index in [1.807, 2.05) is 11.8 Å². The fourth-order valence-corrected chi connectivity index (χ4v) is 2.26. The maximum absolute atomic E-state index is 11.8. The Hall–Kier alpha value is -0.220. The summed E-state index contributed by atoms with van der Waals surface area (Å²) in [6.45, 7) is 7.70. The van der Waals surface area contributed by atoms with Crippen molar-refractivity contribution in [1.29, 1.82) is 0 Å². The van der Waals surface area contributed by atoms with E-state index in [4.69, 9.17) is 0 Å². The summed E-state index contributed by atoms with van der Waals surface area (Å²) >= 11 is 1.72. The van der Waals surface area contributed by atoms with E-state index in [9.17, 15) is 4.79 Å². The van der Waals surface area contributed by atoms with Gasteiger partial charge in [0.1, 0.15) is 0 Å². The van der Waals surface area contributed by atoms with Gasteiger partial charge in [0.05, 0.1) is 5.25 Å². The number of piperazine rings is 1. The normalized spacial score (nSPS) is 20.0. The first-order chi connectivity index (χ1) is 6.25. The van der Waals surface area contributed by atoms with Crippen molar-refractivity contribution in [2.24, 2.45) is 0 Å². The minimum Gasteiger partial charge on any atom is -0.339 e. The summed E-state index contributed by atoms with van der Waals surface area (Å²) in [6, 6.07) is 0. The Morgan fingerprint density at radius 2 is 2.15 bits per heavy atom. The van der Waals surface area contributed by atoms with Crippen molar-refractivity contribution in [2.75, 3.05) is 31.9 Å². The highest BCUT2D eigenvalue weighted by Crippen LogP contribution is 2.12. The second-order valence-electron chi connectivity index (χ2n) is 3.17. The van der Waals surface area contributed by atoms with E-state index in [2.05, 4.69) is 12.2 Å². The third-order valence-corrected chi connectivity index (χ3v) is 3.23. The van der Waals surface area contributed by atoms with E-state index in [0.717, 1.165) is 31.9 Å². The van der Waals surface area contributed by atoms with Gasteiger partial charge in [-0.05, 0) is 12.7 Å². The monoisotopic (exact) mass is 202 g/mol. The van der Waals surface area contributed by atoms with Crippen LogP contribution in [0.2, 0.25) is 0 Å². The summed E-state index contributed by atoms with van der Waals surface area (Å²) in [7, 11) is 0. The molecule has 1 N–H and O–H groups in total. The predicted molar refractivity (Wildman–Crippen MR) is 57.0 cm³/mol. The zero-order valence-electron chi connectivity index (χ0n) is 8.38. The highest BCUT2D eigenvalue weighted by molar-refractivity contribution is 8.00. The largest absolute Gasteiger partial charge is 0.339 e. The Kier molecular flexibility index (Phi) is 4.59. The molecule has 0 aliphatic carbocycles. The number of carbonyl (C=O) groups excluding carboxylic acids is 1. The van der Waals surface area contributed by atoms with E-state index in [-0.39, 0.29) is 5.25 Å². The molecule has 3 nitrogen and oxygen atoms in total. The van der Waals surface area contributed by atoms with Gasteiger partial charge in [-0.2, -0.15) is 0 Å². The van der Waals surface area contributed by atoms with Crippen LogP contribution in [0.1, 0.15) is 13.8 Å². The highest BCUT2D eigenvalue weighted by Gasteiger charge is 2.21. The molecule has 0 aromatic carbocycles. The Balaban J connectivity index is 2.36. The van der Waals surface area contributed by atoms with Crippen LogP contribution in [0.15, 0.2) is 0 Å². The molecule has 76 valence electrons. The van der Waals surface area contributed by atoms with Gasteiger partial charge < -0.3 is 10.2 Å². The van der Waals surface area contributed by atoms with Crippen molar-refractivity contribution in [2.45, 2.75) is 19.1 Å². The molecule has 1 fully saturated rings. The van der Waals surface area contributed by atoms with Gasteiger partial charge >= 0.3 is 0 Å². The van der Waals surface area contributed by atoms with Crippen molar-refractivity contribution >= 4 is 17.7 Å². The van der Waals surface area contributed by atoms with Crippen LogP contribution in [-0.2, 0) is 4.79 Å². The van der Waals surface area contributed by atoms with Crippen LogP contribution >= 0.6 is 11.8 Å². The molecule has 1 atom stereocenters. The summed E-state index contributed by atoms with van der Waals surface area (Å²) in [5.74, 6) is 1.31. The number of amides is 1. The van der Waals surface area contributed by atoms with Gasteiger partial charge in [0.25, 0.3) is 0 Å². The quantitative estimate of drug-likeness (QED) is 0.726. The Morgan fingerprint density at radius 1 is 1.54 bits per heavy atom. The van der Waals surface area contributed by atoms with Crippen LogP contribution in [0.5, 0.6) is 0 Å². The molecule has 0 radical (unpaired) electrons. The molecule has 0 spiro atoms. The minimum absolute atomic E-state index is 0.128. The molecular weight excluding hydrogens is 184 g/mol. The highest BCUT2D eigenvalue weighted by atomic mass is 32.2. The number of nitrogens with zero attached hydrogens (tertiary/aromatic N) is 1. The Morgan fingerprint density at radius 3 is 2.69 bits per heavy atom. The second kappa shape index (κ2) is 5.50. The van der Waals surface area contributed by atoms with E-state index >= 15 is 0 Å². The first-order valence-electron chi connectivity index (χ1n) is 4.86. The standard InChI is InChI=1S/C9H18N2OS/c1-3-13-8(2)9(12)11-6-4-10-5-7-11/h8,10H,3-7H2,1-2H3. The van der Waals surface area contributed by atoms with Gasteiger partial charge in [0.15, 0.2) is 0 Å². The molecule has 13 heavy (non-hydrogen) atoms. The molecule has 1 rings (SSSR count). The zero-order valence-corrected chi connectivity index (χ0v) is 9.19. The van der Waals surface area contributed by atoms with E-state index in [1.165, 1.54) is 0 Å². The molecule has 1 unspecified atom stereocenters. The summed E-state index contributed by atoms with van der Waals surface area (Å²) in [6.07, 6.45) is 0. The lowest BCUT2D eigenvalue weighted by atomic mass is 10.3. The first-order valence-corrected chi connectivity index (χ1v) is 5.91. The SMILES string of the molecule is CCSC(C)C(=O)N1CCNCC1. The number of carbonyl (C=O) groups is 1. The van der Waals surface area contributed by atoms with Crippen molar-refractivity contribution in [3.05, 3.63) is 0 Å². The minimum atomic E-state index is 0.128. The summed E-state index contributed by atoms with van der Waals surface area (Å²) < 4.78 is 0. The lowest BCUT2D eigenvalue weighted by Gasteiger charge is -2.29. The van der Waals surface area contributed by atoms with Crippen molar-refractivity contribution in [3.8, 4) is 0 Å². The van der Waals surface area contributed by atoms with Gasteiger partial charge in [0, 0.05) is 26.2 Å². The van der Waals surface area contributed by atoms with E-state index < -0.39 is 0 Å². The fraction of sp³-hybridized carbons (Fsp3) is 0.889. The molecule has 1 heterocycles. The molecule has 0 saturated carbocycles. The van der Waals surface area contributed by atoms with Crippen LogP contribution in [-0.4, -0.2) is 48.0 Å². The third kappa shape index (κ3) is 3.19. The van der Waals surface area contributed by atoms with Crippen LogP contribution in [0, 0.1) is 0 Å². The molecule has 1 amide bonds. The molecular formula is C9H18N2OS. The van der Waals surface area contributed by atoms with Crippen LogP contribution < -0.4 is 5.32 Å². The topological polar surface area (TPSA) is 32.3 Å². The van der Waals surface area contributed by atoms with E-state index in [0.29, 0.717) is 5.91 Å². The average Bonchev–Trinajstić information content (AvgIpc) is 2.18. The number of hydrogen-bond acceptors (Lipinski definition) is 3. The number of rotatable bonds is 3. The van der Waals surface area contributed by atoms with Crippen LogP contribution in [0.4, 0.5) is 0 Å². The number of hydrogen-bond donors (Lipinski definition) is 1. The van der Waals surface area contributed by atoms with Gasteiger partial charge in [-0.1, -0.05) is 6.92 Å². The van der Waals surface area contributed by atoms with Crippen LogP contribution in [0.3, 0.4) is 0 Å². The van der Waals surface area contributed by atoms with Gasteiger partial charge in [-0.15, -0.1) is 11.8 Å². The maximum atomic E-state index is 11.8. The molecule has 0 aromatic rings. The van der Waals surface area contributed by atoms with Crippen LogP contribution in [0.25, 0.3) is 0 Å². The van der Waals surface area contributed by atoms with E-state index in [1.54, 1.807) is 11.8 Å². The molecule has 0 bridgehead atoms. The summed E-state index contributed by atoms with van der Waals surface area (Å²) in [5, 5.41) is 3.37. The number of thioether (sulfide) groups is 1. The smallest absolute Gasteiger partial charge is 0.235 e. The first kappa shape index (κ1) is 10.9. The Labute approximate surface area is 84.2 Å². The summed E-state index contributed by atoms with van der Waals surface area (Å²) in [5.41, 5.74) is 0. The maximum Gasteiger partial charge on any atom is 0.235 e. The molecule has 1 aliphatic heterocycles. The second-order valence-corrected chi connectivity index (χ2v) is 4.79. The Bertz CT molecular complexity index is 169. The lowest BCUT2D eigenvalue weighted by molar-refractivity contribution is -0.130. The van der Waals surface area contributed by atoms with Gasteiger partial charge in [-0.25, -0.2) is 0 Å². The van der Waals surface area contributed by atoms with Crippen molar-refractivity contribution in [1.82, 2.24) is 10.2 Å². The number of nitrogens with one attached hydrogen (secondary N) is 1. The lowest BCUT2D eigenvalue weighted by Crippen LogP contribution is -2.48. The average molecular weight is 202 g/mol.